The van der Waals surface area contributed by atoms with Crippen molar-refractivity contribution in [2.75, 3.05) is 12.4 Å². The van der Waals surface area contributed by atoms with E-state index in [1.807, 2.05) is 64.1 Å². The summed E-state index contributed by atoms with van der Waals surface area (Å²) in [6.45, 7) is 7.71. The molecule has 196 valence electrons. The molecule has 0 saturated heterocycles. The molecular weight excluding hydrogens is 490 g/mol. The quantitative estimate of drug-likeness (QED) is 0.240. The molecule has 0 fully saturated rings. The van der Waals surface area contributed by atoms with Crippen LogP contribution in [0, 0.1) is 20.8 Å². The third-order valence-corrected chi connectivity index (χ3v) is 7.12. The van der Waals surface area contributed by atoms with E-state index in [1.165, 1.54) is 0 Å². The number of aromatic nitrogens is 4. The lowest BCUT2D eigenvalue weighted by Crippen LogP contribution is -2.11. The molecule has 0 atom stereocenters. The van der Waals surface area contributed by atoms with Gasteiger partial charge in [0.1, 0.15) is 23.0 Å². The molecule has 6 aromatic rings. The molecule has 2 N–H and O–H groups in total. The molecule has 0 aliphatic rings. The van der Waals surface area contributed by atoms with E-state index < -0.39 is 0 Å². The first-order chi connectivity index (χ1) is 18.9. The van der Waals surface area contributed by atoms with Crippen molar-refractivity contribution >= 4 is 44.3 Å². The Morgan fingerprint density at radius 2 is 1.79 bits per heavy atom. The summed E-state index contributed by atoms with van der Waals surface area (Å²) in [5, 5.41) is 11.0. The van der Waals surface area contributed by atoms with Gasteiger partial charge in [-0.2, -0.15) is 0 Å². The highest BCUT2D eigenvalue weighted by atomic mass is 16.5. The summed E-state index contributed by atoms with van der Waals surface area (Å²) in [5.41, 5.74) is 6.85. The van der Waals surface area contributed by atoms with Gasteiger partial charge in [0, 0.05) is 39.5 Å². The molecule has 39 heavy (non-hydrogen) atoms. The molecule has 6 rings (SSSR count). The van der Waals surface area contributed by atoms with Gasteiger partial charge in [0.25, 0.3) is 0 Å². The van der Waals surface area contributed by atoms with Crippen molar-refractivity contribution in [1.29, 1.82) is 0 Å². The number of ether oxygens (including phenoxy) is 1. The normalized spacial score (nSPS) is 11.5. The Hall–Kier alpha value is -4.72. The lowest BCUT2D eigenvalue weighted by molar-refractivity contribution is -0.116. The number of rotatable bonds is 6. The number of carbonyl (C=O) groups is 1. The van der Waals surface area contributed by atoms with Gasteiger partial charge >= 0.3 is 0 Å². The lowest BCUT2D eigenvalue weighted by Gasteiger charge is -2.13. The Balaban J connectivity index is 1.61. The van der Waals surface area contributed by atoms with Crippen LogP contribution >= 0.6 is 0 Å². The van der Waals surface area contributed by atoms with Gasteiger partial charge in [0.2, 0.25) is 5.91 Å². The molecule has 0 radical (unpaired) electrons. The molecule has 3 heterocycles. The van der Waals surface area contributed by atoms with E-state index in [1.54, 1.807) is 7.11 Å². The number of aryl methyl sites for hydroxylation is 3. The van der Waals surface area contributed by atoms with Gasteiger partial charge in [0.15, 0.2) is 0 Å². The van der Waals surface area contributed by atoms with Crippen molar-refractivity contribution in [3.63, 3.8) is 0 Å². The summed E-state index contributed by atoms with van der Waals surface area (Å²) >= 11 is 0. The lowest BCUT2D eigenvalue weighted by atomic mass is 9.96. The number of fused-ring (bicyclic) bond motifs is 4. The molecular formula is C31H29N5O3. The maximum absolute atomic E-state index is 12.4. The maximum Gasteiger partial charge on any atom is 0.224 e. The standard InChI is InChI=1S/C31H29N5O3/c1-6-9-27(37)34-24-13-12-21(19-10-7-8-11-20(19)24)30-29-22-15-26(38-5)23(28-16(2)36-39-17(28)3)14-25(22)35-31(29)33-18(4)32-30/h7-8,10-15H,6,9H2,1-5H3,(H,34,37)(H,32,33,35). The molecule has 3 aromatic heterocycles. The van der Waals surface area contributed by atoms with E-state index in [0.29, 0.717) is 18.0 Å². The van der Waals surface area contributed by atoms with Gasteiger partial charge in [-0.15, -0.1) is 0 Å². The zero-order valence-electron chi connectivity index (χ0n) is 22.6. The van der Waals surface area contributed by atoms with Crippen LogP contribution in [0.25, 0.3) is 55.1 Å². The van der Waals surface area contributed by atoms with E-state index in [9.17, 15) is 4.79 Å². The number of benzene rings is 3. The van der Waals surface area contributed by atoms with Crippen LogP contribution in [0.3, 0.4) is 0 Å². The Kier molecular flexibility index (Phi) is 6.02. The largest absolute Gasteiger partial charge is 0.496 e. The summed E-state index contributed by atoms with van der Waals surface area (Å²) in [6, 6.07) is 16.1. The van der Waals surface area contributed by atoms with Crippen molar-refractivity contribution in [2.45, 2.75) is 40.5 Å². The molecule has 1 amide bonds. The van der Waals surface area contributed by atoms with Crippen LogP contribution in [-0.4, -0.2) is 33.1 Å². The number of hydrogen-bond acceptors (Lipinski definition) is 6. The second-order valence-electron chi connectivity index (χ2n) is 9.77. The average molecular weight is 520 g/mol. The molecule has 8 heteroatoms. The van der Waals surface area contributed by atoms with Gasteiger partial charge in [-0.3, -0.25) is 4.79 Å². The Bertz CT molecular complexity index is 1880. The maximum atomic E-state index is 12.4. The van der Waals surface area contributed by atoms with Crippen molar-refractivity contribution < 1.29 is 14.1 Å². The van der Waals surface area contributed by atoms with Crippen LogP contribution < -0.4 is 10.1 Å². The SMILES string of the molecule is CCCC(=O)Nc1ccc(-c2nc(C)nc3[nH]c4cc(-c5c(C)noc5C)c(OC)cc4c23)c2ccccc12. The fraction of sp³-hybridized carbons (Fsp3) is 0.226. The molecule has 0 unspecified atom stereocenters. The third kappa shape index (κ3) is 4.09. The number of anilines is 1. The van der Waals surface area contributed by atoms with Crippen LogP contribution in [-0.2, 0) is 4.79 Å². The van der Waals surface area contributed by atoms with Crippen LogP contribution in [0.4, 0.5) is 5.69 Å². The third-order valence-electron chi connectivity index (χ3n) is 7.12. The summed E-state index contributed by atoms with van der Waals surface area (Å²) in [5.74, 6) is 2.11. The van der Waals surface area contributed by atoms with E-state index in [4.69, 9.17) is 19.2 Å². The van der Waals surface area contributed by atoms with E-state index in [2.05, 4.69) is 27.6 Å². The smallest absolute Gasteiger partial charge is 0.224 e. The van der Waals surface area contributed by atoms with Crippen molar-refractivity contribution in [2.24, 2.45) is 0 Å². The summed E-state index contributed by atoms with van der Waals surface area (Å²) in [7, 11) is 1.66. The highest BCUT2D eigenvalue weighted by Crippen LogP contribution is 2.42. The van der Waals surface area contributed by atoms with E-state index >= 15 is 0 Å². The minimum absolute atomic E-state index is 0.00787. The second kappa shape index (κ2) is 9.54. The number of nitrogens with one attached hydrogen (secondary N) is 2. The Labute approximate surface area is 225 Å². The fourth-order valence-corrected chi connectivity index (χ4v) is 5.42. The highest BCUT2D eigenvalue weighted by molar-refractivity contribution is 6.17. The number of H-pyrrole nitrogens is 1. The van der Waals surface area contributed by atoms with E-state index in [-0.39, 0.29) is 5.91 Å². The summed E-state index contributed by atoms with van der Waals surface area (Å²) in [6.07, 6.45) is 1.27. The molecule has 0 aliphatic heterocycles. The first kappa shape index (κ1) is 24.6. The molecule has 8 nitrogen and oxygen atoms in total. The first-order valence-corrected chi connectivity index (χ1v) is 13.0. The van der Waals surface area contributed by atoms with Crippen molar-refractivity contribution in [1.82, 2.24) is 20.1 Å². The van der Waals surface area contributed by atoms with Crippen LogP contribution in [0.5, 0.6) is 5.75 Å². The molecule has 0 saturated carbocycles. The van der Waals surface area contributed by atoms with Crippen molar-refractivity contribution in [3.8, 4) is 28.1 Å². The summed E-state index contributed by atoms with van der Waals surface area (Å²) in [4.78, 5) is 25.6. The number of methoxy groups -OCH3 is 1. The highest BCUT2D eigenvalue weighted by Gasteiger charge is 2.22. The minimum Gasteiger partial charge on any atom is -0.496 e. The fourth-order valence-electron chi connectivity index (χ4n) is 5.42. The first-order valence-electron chi connectivity index (χ1n) is 13.0. The number of aromatic amines is 1. The second-order valence-corrected chi connectivity index (χ2v) is 9.77. The van der Waals surface area contributed by atoms with Gasteiger partial charge in [0.05, 0.1) is 29.4 Å². The zero-order chi connectivity index (χ0) is 27.3. The number of amides is 1. The van der Waals surface area contributed by atoms with Gasteiger partial charge in [-0.05, 0) is 50.8 Å². The van der Waals surface area contributed by atoms with Gasteiger partial charge in [-0.25, -0.2) is 9.97 Å². The Morgan fingerprint density at radius 3 is 2.51 bits per heavy atom. The number of carbonyl (C=O) groups excluding carboxylic acids is 1. The van der Waals surface area contributed by atoms with Crippen LogP contribution in [0.1, 0.15) is 37.0 Å². The molecule has 0 spiro atoms. The topological polar surface area (TPSA) is 106 Å². The van der Waals surface area contributed by atoms with Crippen LogP contribution in [0.15, 0.2) is 53.1 Å². The molecule has 0 aliphatic carbocycles. The Morgan fingerprint density at radius 1 is 1.00 bits per heavy atom. The zero-order valence-corrected chi connectivity index (χ0v) is 22.6. The average Bonchev–Trinajstić information content (AvgIpc) is 3.45. The van der Waals surface area contributed by atoms with E-state index in [0.717, 1.165) is 78.7 Å². The molecule has 3 aromatic carbocycles. The number of hydrogen-bond donors (Lipinski definition) is 2. The number of nitrogens with zero attached hydrogens (tertiary/aromatic N) is 3. The minimum atomic E-state index is 0.00787. The van der Waals surface area contributed by atoms with Gasteiger partial charge < -0.3 is 19.6 Å². The molecule has 0 bridgehead atoms. The van der Waals surface area contributed by atoms with Crippen LogP contribution in [0.2, 0.25) is 0 Å². The summed E-state index contributed by atoms with van der Waals surface area (Å²) < 4.78 is 11.3. The van der Waals surface area contributed by atoms with Gasteiger partial charge in [-0.1, -0.05) is 42.4 Å². The van der Waals surface area contributed by atoms with Crippen molar-refractivity contribution in [3.05, 3.63) is 65.8 Å². The predicted molar refractivity (Wildman–Crippen MR) is 154 cm³/mol. The predicted octanol–water partition coefficient (Wildman–Crippen LogP) is 7.26. The monoisotopic (exact) mass is 519 g/mol.